The first-order valence-electron chi connectivity index (χ1n) is 4.33. The first-order chi connectivity index (χ1) is 7.77. The minimum Gasteiger partial charge on any atom is -0.282 e. The molecular weight excluding hydrogens is 257 g/mol. The molecule has 0 saturated carbocycles. The SMILES string of the molecule is CC(C#N)S(=O)(=O)Nc1cc(F)c(F)c(F)c1. The Morgan fingerprint density at radius 1 is 1.29 bits per heavy atom. The molecule has 0 bridgehead atoms. The van der Waals surface area contributed by atoms with E-state index in [1.165, 1.54) is 6.07 Å². The second-order valence-electron chi connectivity index (χ2n) is 3.17. The smallest absolute Gasteiger partial charge is 0.248 e. The van der Waals surface area contributed by atoms with Crippen LogP contribution in [0.3, 0.4) is 0 Å². The Kier molecular flexibility index (Phi) is 3.63. The predicted molar refractivity (Wildman–Crippen MR) is 53.9 cm³/mol. The highest BCUT2D eigenvalue weighted by Crippen LogP contribution is 2.19. The van der Waals surface area contributed by atoms with E-state index in [4.69, 9.17) is 5.26 Å². The van der Waals surface area contributed by atoms with Gasteiger partial charge in [0, 0.05) is 12.1 Å². The Bertz CT molecular complexity index is 557. The second kappa shape index (κ2) is 4.63. The van der Waals surface area contributed by atoms with Crippen LogP contribution in [-0.2, 0) is 10.0 Å². The van der Waals surface area contributed by atoms with Gasteiger partial charge in [0.05, 0.1) is 11.8 Å². The van der Waals surface area contributed by atoms with E-state index in [0.717, 1.165) is 6.92 Å². The quantitative estimate of drug-likeness (QED) is 0.845. The van der Waals surface area contributed by atoms with Gasteiger partial charge in [-0.3, -0.25) is 4.72 Å². The third kappa shape index (κ3) is 2.88. The minimum absolute atomic E-state index is 0.483. The van der Waals surface area contributed by atoms with Gasteiger partial charge in [-0.2, -0.15) is 5.26 Å². The first-order valence-corrected chi connectivity index (χ1v) is 5.88. The Hall–Kier alpha value is -1.75. The Labute approximate surface area is 95.7 Å². The summed E-state index contributed by atoms with van der Waals surface area (Å²) in [6.07, 6.45) is 0. The molecule has 0 spiro atoms. The van der Waals surface area contributed by atoms with Crippen LogP contribution in [0.25, 0.3) is 0 Å². The summed E-state index contributed by atoms with van der Waals surface area (Å²) in [4.78, 5) is 0. The average Bonchev–Trinajstić information content (AvgIpc) is 2.24. The van der Waals surface area contributed by atoms with Crippen molar-refractivity contribution in [3.8, 4) is 6.07 Å². The van der Waals surface area contributed by atoms with Gasteiger partial charge in [0.25, 0.3) is 0 Å². The maximum absolute atomic E-state index is 12.8. The van der Waals surface area contributed by atoms with Crippen molar-refractivity contribution in [2.45, 2.75) is 12.2 Å². The van der Waals surface area contributed by atoms with Gasteiger partial charge in [0.1, 0.15) is 0 Å². The lowest BCUT2D eigenvalue weighted by atomic mass is 10.3. The van der Waals surface area contributed by atoms with E-state index in [9.17, 15) is 21.6 Å². The van der Waals surface area contributed by atoms with Crippen molar-refractivity contribution >= 4 is 15.7 Å². The molecule has 0 amide bonds. The maximum atomic E-state index is 12.8. The number of halogens is 3. The van der Waals surface area contributed by atoms with Gasteiger partial charge in [-0.25, -0.2) is 21.6 Å². The molecule has 0 fully saturated rings. The second-order valence-corrected chi connectivity index (χ2v) is 5.17. The number of hydrogen-bond acceptors (Lipinski definition) is 3. The average molecular weight is 264 g/mol. The van der Waals surface area contributed by atoms with Crippen molar-refractivity contribution in [3.63, 3.8) is 0 Å². The van der Waals surface area contributed by atoms with E-state index in [1.807, 2.05) is 0 Å². The number of nitriles is 1. The number of benzene rings is 1. The van der Waals surface area contributed by atoms with Crippen LogP contribution >= 0.6 is 0 Å². The van der Waals surface area contributed by atoms with Gasteiger partial charge in [-0.1, -0.05) is 0 Å². The van der Waals surface area contributed by atoms with E-state index in [0.29, 0.717) is 12.1 Å². The zero-order valence-electron chi connectivity index (χ0n) is 8.54. The molecule has 1 aromatic carbocycles. The summed E-state index contributed by atoms with van der Waals surface area (Å²) in [6.45, 7) is 1.10. The molecule has 1 atom stereocenters. The summed E-state index contributed by atoms with van der Waals surface area (Å²) in [5.74, 6) is -4.74. The third-order valence-electron chi connectivity index (χ3n) is 1.89. The molecule has 0 aliphatic carbocycles. The van der Waals surface area contributed by atoms with Gasteiger partial charge in [0.15, 0.2) is 22.7 Å². The topological polar surface area (TPSA) is 70.0 Å². The number of anilines is 1. The molecule has 8 heteroatoms. The number of hydrogen-bond donors (Lipinski definition) is 1. The van der Waals surface area contributed by atoms with Crippen molar-refractivity contribution < 1.29 is 21.6 Å². The fourth-order valence-corrected chi connectivity index (χ4v) is 1.70. The molecule has 92 valence electrons. The number of nitrogens with one attached hydrogen (secondary N) is 1. The summed E-state index contributed by atoms with van der Waals surface area (Å²) in [5.41, 5.74) is -0.483. The van der Waals surface area contributed by atoms with Crippen LogP contribution in [0.5, 0.6) is 0 Å². The van der Waals surface area contributed by atoms with Gasteiger partial charge in [0.2, 0.25) is 10.0 Å². The molecule has 1 N–H and O–H groups in total. The third-order valence-corrected chi connectivity index (χ3v) is 3.45. The van der Waals surface area contributed by atoms with Crippen molar-refractivity contribution in [2.24, 2.45) is 0 Å². The van der Waals surface area contributed by atoms with Crippen LogP contribution in [-0.4, -0.2) is 13.7 Å². The molecule has 0 saturated heterocycles. The standard InChI is InChI=1S/C9H7F3N2O2S/c1-5(4-13)17(15,16)14-6-2-7(10)9(12)8(11)3-6/h2-3,5,14H,1H3. The Morgan fingerprint density at radius 3 is 2.18 bits per heavy atom. The van der Waals surface area contributed by atoms with Crippen LogP contribution in [0.2, 0.25) is 0 Å². The zero-order valence-corrected chi connectivity index (χ0v) is 9.35. The molecular formula is C9H7F3N2O2S. The van der Waals surface area contributed by atoms with Crippen LogP contribution in [0.15, 0.2) is 12.1 Å². The van der Waals surface area contributed by atoms with Crippen molar-refractivity contribution in [1.82, 2.24) is 0 Å². The van der Waals surface area contributed by atoms with Gasteiger partial charge in [-0.15, -0.1) is 0 Å². The fraction of sp³-hybridized carbons (Fsp3) is 0.222. The summed E-state index contributed by atoms with van der Waals surface area (Å²) in [7, 11) is -4.08. The van der Waals surface area contributed by atoms with Crippen LogP contribution in [0.4, 0.5) is 18.9 Å². The monoisotopic (exact) mass is 264 g/mol. The highest BCUT2D eigenvalue weighted by molar-refractivity contribution is 7.93. The number of sulfonamides is 1. The lowest BCUT2D eigenvalue weighted by molar-refractivity contribution is 0.448. The molecule has 0 aliphatic heterocycles. The van der Waals surface area contributed by atoms with Gasteiger partial charge >= 0.3 is 0 Å². The molecule has 0 aromatic heterocycles. The lowest BCUT2D eigenvalue weighted by Crippen LogP contribution is -2.24. The Morgan fingerprint density at radius 2 is 1.76 bits per heavy atom. The molecule has 4 nitrogen and oxygen atoms in total. The predicted octanol–water partition coefficient (Wildman–Crippen LogP) is 1.76. The van der Waals surface area contributed by atoms with Crippen molar-refractivity contribution in [2.75, 3.05) is 4.72 Å². The lowest BCUT2D eigenvalue weighted by Gasteiger charge is -2.09. The summed E-state index contributed by atoms with van der Waals surface area (Å²) in [5, 5.41) is 7.02. The van der Waals surface area contributed by atoms with Gasteiger partial charge < -0.3 is 0 Å². The zero-order chi connectivity index (χ0) is 13.2. The number of rotatable bonds is 3. The number of nitrogens with zero attached hydrogens (tertiary/aromatic N) is 1. The largest absolute Gasteiger partial charge is 0.282 e. The van der Waals surface area contributed by atoms with Crippen LogP contribution < -0.4 is 4.72 Å². The summed E-state index contributed by atoms with van der Waals surface area (Å²) >= 11 is 0. The normalized spacial score (nSPS) is 12.9. The molecule has 0 aliphatic rings. The fourth-order valence-electron chi connectivity index (χ4n) is 0.936. The highest BCUT2D eigenvalue weighted by Gasteiger charge is 2.21. The molecule has 17 heavy (non-hydrogen) atoms. The van der Waals surface area contributed by atoms with Crippen LogP contribution in [0.1, 0.15) is 6.92 Å². The molecule has 1 rings (SSSR count). The van der Waals surface area contributed by atoms with E-state index in [1.54, 1.807) is 4.72 Å². The highest BCUT2D eigenvalue weighted by atomic mass is 32.2. The first kappa shape index (κ1) is 13.3. The molecule has 0 radical (unpaired) electrons. The van der Waals surface area contributed by atoms with Crippen molar-refractivity contribution in [3.05, 3.63) is 29.6 Å². The summed E-state index contributed by atoms with van der Waals surface area (Å²) in [6, 6.07) is 2.43. The minimum atomic E-state index is -4.08. The van der Waals surface area contributed by atoms with Crippen molar-refractivity contribution in [1.29, 1.82) is 5.26 Å². The maximum Gasteiger partial charge on any atom is 0.248 e. The van der Waals surface area contributed by atoms with E-state index < -0.39 is 38.4 Å². The summed E-state index contributed by atoms with van der Waals surface area (Å²) < 4.78 is 62.7. The van der Waals surface area contributed by atoms with Gasteiger partial charge in [-0.05, 0) is 6.92 Å². The van der Waals surface area contributed by atoms with Crippen LogP contribution in [0, 0.1) is 28.8 Å². The molecule has 1 unspecified atom stereocenters. The molecule has 1 aromatic rings. The van der Waals surface area contributed by atoms with E-state index in [-0.39, 0.29) is 0 Å². The molecule has 0 heterocycles. The van der Waals surface area contributed by atoms with E-state index >= 15 is 0 Å². The Balaban J connectivity index is 3.10. The van der Waals surface area contributed by atoms with E-state index in [2.05, 4.69) is 0 Å².